The molecule has 0 saturated heterocycles. The number of hydrogen-bond acceptors (Lipinski definition) is 8. The lowest BCUT2D eigenvalue weighted by Crippen LogP contribution is -2.02. The van der Waals surface area contributed by atoms with Crippen molar-refractivity contribution in [3.05, 3.63) is 42.2 Å². The zero-order valence-electron chi connectivity index (χ0n) is 16.8. The van der Waals surface area contributed by atoms with Crippen LogP contribution in [0.25, 0.3) is 11.2 Å². The minimum Gasteiger partial charge on any atom is -0.396 e. The molecule has 8 nitrogen and oxygen atoms in total. The number of fused-ring (bicyclic) bond motifs is 1. The van der Waals surface area contributed by atoms with Crippen molar-refractivity contribution in [3.8, 4) is 0 Å². The van der Waals surface area contributed by atoms with E-state index < -0.39 is 0 Å². The third kappa shape index (κ3) is 5.61. The van der Waals surface area contributed by atoms with E-state index in [1.165, 1.54) is 11.5 Å². The van der Waals surface area contributed by atoms with Gasteiger partial charge in [-0.25, -0.2) is 9.97 Å². The molecule has 3 aromatic rings. The SMILES string of the molecule is C=NN(C)/C=C(\C)c1cnc2c(Nc3cc(C)ns3)nccn12.CCCCO. The van der Waals surface area contributed by atoms with E-state index in [1.807, 2.05) is 50.0 Å². The van der Waals surface area contributed by atoms with Crippen LogP contribution in [-0.4, -0.2) is 49.2 Å². The molecular formula is C19H27N7OS. The maximum atomic E-state index is 8.07. The summed E-state index contributed by atoms with van der Waals surface area (Å²) >= 11 is 1.40. The Morgan fingerprint density at radius 2 is 2.25 bits per heavy atom. The van der Waals surface area contributed by atoms with Crippen LogP contribution in [0.4, 0.5) is 10.8 Å². The Hall–Kier alpha value is -2.78. The Balaban J connectivity index is 0.000000500. The Morgan fingerprint density at radius 3 is 2.82 bits per heavy atom. The molecule has 0 amide bonds. The first-order valence-corrected chi connectivity index (χ1v) is 9.79. The normalized spacial score (nSPS) is 11.1. The van der Waals surface area contributed by atoms with Gasteiger partial charge in [0.2, 0.25) is 0 Å². The first-order chi connectivity index (χ1) is 13.5. The third-order valence-electron chi connectivity index (χ3n) is 3.82. The van der Waals surface area contributed by atoms with Gasteiger partial charge in [0.15, 0.2) is 11.5 Å². The van der Waals surface area contributed by atoms with Crippen molar-refractivity contribution in [1.82, 2.24) is 23.8 Å². The average Bonchev–Trinajstić information content (AvgIpc) is 3.29. The van der Waals surface area contributed by atoms with Crippen LogP contribution in [0, 0.1) is 6.92 Å². The fourth-order valence-electron chi connectivity index (χ4n) is 2.38. The second-order valence-corrected chi connectivity index (χ2v) is 6.98. The molecule has 3 heterocycles. The topological polar surface area (TPSA) is 90.9 Å². The number of hydrazone groups is 1. The van der Waals surface area contributed by atoms with Crippen molar-refractivity contribution in [2.45, 2.75) is 33.6 Å². The van der Waals surface area contributed by atoms with Gasteiger partial charge in [0.1, 0.15) is 5.00 Å². The quantitative estimate of drug-likeness (QED) is 0.460. The van der Waals surface area contributed by atoms with Gasteiger partial charge in [-0.1, -0.05) is 13.3 Å². The summed E-state index contributed by atoms with van der Waals surface area (Å²) in [5, 5.41) is 17.8. The standard InChI is InChI=1S/C15H17N7S.C4H10O/c1-10(9-21(4)16-3)12-8-18-15-14(17-5-6-22(12)15)19-13-7-11(2)20-23-13;1-2-3-4-5/h5-9H,3H2,1-2,4H3,(H,17,19);5H,2-4H2,1H3/b10-9+;. The van der Waals surface area contributed by atoms with Crippen LogP contribution < -0.4 is 5.32 Å². The number of nitrogens with one attached hydrogen (secondary N) is 1. The van der Waals surface area contributed by atoms with E-state index in [9.17, 15) is 0 Å². The van der Waals surface area contributed by atoms with Crippen LogP contribution in [0.15, 0.2) is 36.0 Å². The van der Waals surface area contributed by atoms with Crippen molar-refractivity contribution < 1.29 is 5.11 Å². The minimum atomic E-state index is 0.344. The average molecular weight is 402 g/mol. The fraction of sp³-hybridized carbons (Fsp3) is 0.368. The Kier molecular flexibility index (Phi) is 8.09. The molecule has 3 aromatic heterocycles. The molecule has 0 aliphatic heterocycles. The van der Waals surface area contributed by atoms with Crippen LogP contribution in [0.5, 0.6) is 0 Å². The summed E-state index contributed by atoms with van der Waals surface area (Å²) in [7, 11) is 1.83. The second kappa shape index (κ2) is 10.5. The largest absolute Gasteiger partial charge is 0.396 e. The van der Waals surface area contributed by atoms with Crippen molar-refractivity contribution in [2.24, 2.45) is 5.10 Å². The predicted octanol–water partition coefficient (Wildman–Crippen LogP) is 3.92. The van der Waals surface area contributed by atoms with E-state index in [1.54, 1.807) is 11.2 Å². The summed E-state index contributed by atoms with van der Waals surface area (Å²) in [6, 6.07) is 1.98. The summed E-state index contributed by atoms with van der Waals surface area (Å²) in [5.41, 5.74) is 3.74. The smallest absolute Gasteiger partial charge is 0.180 e. The number of imidazole rings is 1. The lowest BCUT2D eigenvalue weighted by atomic mass is 10.2. The van der Waals surface area contributed by atoms with Gasteiger partial charge >= 0.3 is 0 Å². The highest BCUT2D eigenvalue weighted by Gasteiger charge is 2.11. The van der Waals surface area contributed by atoms with Gasteiger partial charge in [-0.2, -0.15) is 9.47 Å². The zero-order chi connectivity index (χ0) is 20.5. The monoisotopic (exact) mass is 401 g/mol. The number of anilines is 2. The highest BCUT2D eigenvalue weighted by atomic mass is 32.1. The maximum absolute atomic E-state index is 8.07. The Morgan fingerprint density at radius 1 is 1.46 bits per heavy atom. The summed E-state index contributed by atoms with van der Waals surface area (Å²) < 4.78 is 6.25. The first-order valence-electron chi connectivity index (χ1n) is 9.01. The fourth-order valence-corrected chi connectivity index (χ4v) is 3.04. The molecule has 0 spiro atoms. The van der Waals surface area contributed by atoms with Crippen LogP contribution in [0.2, 0.25) is 0 Å². The molecule has 3 rings (SSSR count). The number of allylic oxidation sites excluding steroid dienone is 1. The molecule has 0 unspecified atom stereocenters. The highest BCUT2D eigenvalue weighted by Crippen LogP contribution is 2.25. The summed E-state index contributed by atoms with van der Waals surface area (Å²) in [4.78, 5) is 8.88. The second-order valence-electron chi connectivity index (χ2n) is 6.17. The van der Waals surface area contributed by atoms with E-state index >= 15 is 0 Å². The lowest BCUT2D eigenvalue weighted by Gasteiger charge is -2.09. The number of nitrogens with zero attached hydrogens (tertiary/aromatic N) is 6. The number of rotatable bonds is 7. The first kappa shape index (κ1) is 21.5. The molecule has 0 radical (unpaired) electrons. The molecule has 9 heteroatoms. The van der Waals surface area contributed by atoms with Gasteiger partial charge in [-0.3, -0.25) is 9.41 Å². The summed E-state index contributed by atoms with van der Waals surface area (Å²) in [6.07, 6.45) is 9.40. The van der Waals surface area contributed by atoms with Gasteiger partial charge in [-0.05, 0) is 43.4 Å². The van der Waals surface area contributed by atoms with Crippen LogP contribution in [0.3, 0.4) is 0 Å². The molecule has 0 aromatic carbocycles. The van der Waals surface area contributed by atoms with Gasteiger partial charge in [0, 0.05) is 39.0 Å². The molecule has 0 bridgehead atoms. The number of aliphatic hydroxyl groups excluding tert-OH is 1. The van der Waals surface area contributed by atoms with Gasteiger partial charge < -0.3 is 10.4 Å². The predicted molar refractivity (Wildman–Crippen MR) is 116 cm³/mol. The van der Waals surface area contributed by atoms with Crippen molar-refractivity contribution >= 4 is 40.3 Å². The number of hydrogen-bond donors (Lipinski definition) is 2. The molecule has 150 valence electrons. The number of unbranched alkanes of at least 4 members (excludes halogenated alkanes) is 1. The molecule has 0 aliphatic rings. The number of aryl methyl sites for hydroxylation is 1. The van der Waals surface area contributed by atoms with Gasteiger partial charge in [-0.15, -0.1) is 0 Å². The molecular weight excluding hydrogens is 374 g/mol. The summed E-state index contributed by atoms with van der Waals surface area (Å²) in [6.45, 7) is 9.87. The van der Waals surface area contributed by atoms with Gasteiger partial charge in [0.25, 0.3) is 0 Å². The molecule has 2 N–H and O–H groups in total. The Labute approximate surface area is 169 Å². The van der Waals surface area contributed by atoms with E-state index in [2.05, 4.69) is 38.4 Å². The maximum Gasteiger partial charge on any atom is 0.180 e. The molecule has 28 heavy (non-hydrogen) atoms. The molecule has 0 atom stereocenters. The molecule has 0 fully saturated rings. The van der Waals surface area contributed by atoms with E-state index in [-0.39, 0.29) is 0 Å². The van der Waals surface area contributed by atoms with Crippen LogP contribution in [-0.2, 0) is 0 Å². The third-order valence-corrected chi connectivity index (χ3v) is 4.61. The highest BCUT2D eigenvalue weighted by molar-refractivity contribution is 7.10. The molecule has 0 saturated carbocycles. The van der Waals surface area contributed by atoms with Crippen molar-refractivity contribution in [2.75, 3.05) is 19.0 Å². The van der Waals surface area contributed by atoms with Crippen LogP contribution in [0.1, 0.15) is 38.1 Å². The molecule has 0 aliphatic carbocycles. The van der Waals surface area contributed by atoms with E-state index in [0.717, 1.165) is 40.5 Å². The zero-order valence-corrected chi connectivity index (χ0v) is 17.6. The number of aromatic nitrogens is 4. The summed E-state index contributed by atoms with van der Waals surface area (Å²) in [5.74, 6) is 0.699. The Bertz CT molecular complexity index is 929. The van der Waals surface area contributed by atoms with Crippen molar-refractivity contribution in [3.63, 3.8) is 0 Å². The number of aliphatic hydroxyl groups is 1. The van der Waals surface area contributed by atoms with Crippen LogP contribution >= 0.6 is 11.5 Å². The van der Waals surface area contributed by atoms with Gasteiger partial charge in [0.05, 0.1) is 17.6 Å². The minimum absolute atomic E-state index is 0.344. The van der Waals surface area contributed by atoms with Crippen molar-refractivity contribution in [1.29, 1.82) is 0 Å². The van der Waals surface area contributed by atoms with E-state index in [0.29, 0.717) is 12.4 Å². The van der Waals surface area contributed by atoms with E-state index in [4.69, 9.17) is 5.11 Å². The lowest BCUT2D eigenvalue weighted by molar-refractivity contribution is 0.287.